The van der Waals surface area contributed by atoms with Gasteiger partial charge in [-0.05, 0) is 56.8 Å². The smallest absolute Gasteiger partial charge is 0.175 e. The van der Waals surface area contributed by atoms with Crippen molar-refractivity contribution in [1.29, 1.82) is 0 Å². The number of hydrogen-bond donors (Lipinski definition) is 0. The second-order valence-corrected chi connectivity index (χ2v) is 13.6. The first-order chi connectivity index (χ1) is 20.2. The third kappa shape index (κ3) is 2.84. The molecule has 3 nitrogen and oxygen atoms in total. The summed E-state index contributed by atoms with van der Waals surface area (Å²) in [5.41, 5.74) is 10.2. The van der Waals surface area contributed by atoms with Gasteiger partial charge >= 0.3 is 0 Å². The lowest BCUT2D eigenvalue weighted by atomic mass is 9.93. The molecule has 0 saturated carbocycles. The SMILES string of the molecule is CCc1nc2cccc3c2n1-c1c(-c2ccc4c5c(cccc25)-c2ccccc2-4)cccc1P3(=O)c1ccccc1. The molecule has 9 rings (SSSR count). The standard InChI is InChI=1S/C37H25N2OP/c1-2-34-38-31-18-10-20-33-37(31)39(34)36-30(17-9-19-32(36)41(33,40)23-11-4-3-5-12-23)26-21-22-29-25-14-7-6-13-24(25)27-15-8-16-28(26)35(27)29/h3-22H,2H2,1H3. The summed E-state index contributed by atoms with van der Waals surface area (Å²) < 4.78 is 17.9. The number of para-hydroxylation sites is 2. The fraction of sp³-hybridized carbons (Fsp3) is 0.0541. The molecule has 0 N–H and O–H groups in total. The summed E-state index contributed by atoms with van der Waals surface area (Å²) in [6, 6.07) is 42.3. The minimum atomic E-state index is -3.18. The molecule has 6 aromatic carbocycles. The average molecular weight is 545 g/mol. The first-order valence-corrected chi connectivity index (χ1v) is 15.9. The van der Waals surface area contributed by atoms with Gasteiger partial charge in [0.15, 0.2) is 7.14 Å². The van der Waals surface area contributed by atoms with Crippen molar-refractivity contribution in [2.24, 2.45) is 0 Å². The monoisotopic (exact) mass is 544 g/mol. The zero-order valence-electron chi connectivity index (χ0n) is 22.5. The molecule has 4 heteroatoms. The Hall–Kier alpha value is -4.72. The van der Waals surface area contributed by atoms with Crippen molar-refractivity contribution in [3.05, 3.63) is 127 Å². The maximum Gasteiger partial charge on any atom is 0.175 e. The van der Waals surface area contributed by atoms with Gasteiger partial charge in [-0.15, -0.1) is 0 Å². The molecule has 1 aliphatic carbocycles. The van der Waals surface area contributed by atoms with Crippen LogP contribution in [0, 0.1) is 0 Å². The van der Waals surface area contributed by atoms with E-state index < -0.39 is 7.14 Å². The van der Waals surface area contributed by atoms with E-state index in [0.29, 0.717) is 0 Å². The Labute approximate surface area is 238 Å². The first kappa shape index (κ1) is 23.0. The van der Waals surface area contributed by atoms with Gasteiger partial charge in [0.05, 0.1) is 16.7 Å². The second-order valence-electron chi connectivity index (χ2n) is 10.9. The number of aromatic nitrogens is 2. The lowest BCUT2D eigenvalue weighted by molar-refractivity contribution is 0.592. The van der Waals surface area contributed by atoms with Gasteiger partial charge in [-0.25, -0.2) is 4.98 Å². The number of benzene rings is 6. The second kappa shape index (κ2) is 8.16. The predicted molar refractivity (Wildman–Crippen MR) is 171 cm³/mol. The van der Waals surface area contributed by atoms with Crippen LogP contribution >= 0.6 is 7.14 Å². The number of rotatable bonds is 3. The maximum atomic E-state index is 15.6. The third-order valence-electron chi connectivity index (χ3n) is 8.92. The van der Waals surface area contributed by atoms with E-state index in [1.54, 1.807) is 0 Å². The van der Waals surface area contributed by atoms with Gasteiger partial charge in [0, 0.05) is 27.9 Å². The molecule has 7 aromatic rings. The van der Waals surface area contributed by atoms with Crippen molar-refractivity contribution < 1.29 is 4.57 Å². The first-order valence-electron chi connectivity index (χ1n) is 14.2. The van der Waals surface area contributed by atoms with Gasteiger partial charge in [-0.3, -0.25) is 4.57 Å². The molecule has 0 spiro atoms. The zero-order chi connectivity index (χ0) is 27.3. The van der Waals surface area contributed by atoms with E-state index in [9.17, 15) is 0 Å². The quantitative estimate of drug-likeness (QED) is 0.211. The van der Waals surface area contributed by atoms with Crippen LogP contribution in [0.25, 0.3) is 60.9 Å². The van der Waals surface area contributed by atoms with E-state index in [1.165, 1.54) is 33.0 Å². The van der Waals surface area contributed by atoms with Crippen molar-refractivity contribution in [1.82, 2.24) is 9.55 Å². The van der Waals surface area contributed by atoms with Gasteiger partial charge in [0.1, 0.15) is 5.82 Å². The van der Waals surface area contributed by atoms with Crippen molar-refractivity contribution >= 4 is 44.9 Å². The Kier molecular flexibility index (Phi) is 4.58. The van der Waals surface area contributed by atoms with Crippen molar-refractivity contribution in [2.75, 3.05) is 0 Å². The maximum absolute atomic E-state index is 15.6. The number of nitrogens with zero attached hydrogens (tertiary/aromatic N) is 2. The minimum absolute atomic E-state index is 0.774. The van der Waals surface area contributed by atoms with E-state index in [-0.39, 0.29) is 0 Å². The van der Waals surface area contributed by atoms with Gasteiger partial charge in [-0.1, -0.05) is 110 Å². The molecule has 0 radical (unpaired) electrons. The molecule has 1 aliphatic heterocycles. The molecular formula is C37H25N2OP. The number of imidazole rings is 1. The van der Waals surface area contributed by atoms with E-state index >= 15 is 4.57 Å². The van der Waals surface area contributed by atoms with E-state index in [4.69, 9.17) is 4.98 Å². The highest BCUT2D eigenvalue weighted by atomic mass is 31.2. The zero-order valence-corrected chi connectivity index (χ0v) is 23.4. The van der Waals surface area contributed by atoms with Crippen LogP contribution in [0.15, 0.2) is 121 Å². The third-order valence-corrected chi connectivity index (χ3v) is 12.0. The number of fused-ring (bicyclic) bond motifs is 5. The van der Waals surface area contributed by atoms with E-state index in [0.717, 1.165) is 56.0 Å². The predicted octanol–water partition coefficient (Wildman–Crippen LogP) is 8.01. The Balaban J connectivity index is 1.43. The summed E-state index contributed by atoms with van der Waals surface area (Å²) in [7, 11) is -3.18. The van der Waals surface area contributed by atoms with Gasteiger partial charge in [-0.2, -0.15) is 0 Å². The van der Waals surface area contributed by atoms with Crippen LogP contribution in [-0.4, -0.2) is 9.55 Å². The van der Waals surface area contributed by atoms with Crippen LogP contribution in [0.1, 0.15) is 12.7 Å². The Morgan fingerprint density at radius 3 is 2.05 bits per heavy atom. The molecule has 194 valence electrons. The molecule has 2 aliphatic rings. The average Bonchev–Trinajstić information content (AvgIpc) is 3.58. The Morgan fingerprint density at radius 2 is 1.24 bits per heavy atom. The Morgan fingerprint density at radius 1 is 0.610 bits per heavy atom. The van der Waals surface area contributed by atoms with Gasteiger partial charge in [0.25, 0.3) is 0 Å². The summed E-state index contributed by atoms with van der Waals surface area (Å²) in [5, 5.41) is 5.10. The lowest BCUT2D eigenvalue weighted by Crippen LogP contribution is -2.33. The lowest BCUT2D eigenvalue weighted by Gasteiger charge is -2.31. The van der Waals surface area contributed by atoms with Crippen molar-refractivity contribution in [3.63, 3.8) is 0 Å². The van der Waals surface area contributed by atoms with Crippen LogP contribution in [0.3, 0.4) is 0 Å². The van der Waals surface area contributed by atoms with Crippen LogP contribution in [0.4, 0.5) is 0 Å². The van der Waals surface area contributed by atoms with Gasteiger partial charge in [0.2, 0.25) is 0 Å². The van der Waals surface area contributed by atoms with Crippen LogP contribution in [0.5, 0.6) is 0 Å². The minimum Gasteiger partial charge on any atom is -0.308 e. The summed E-state index contributed by atoms with van der Waals surface area (Å²) in [5.74, 6) is 0.985. The molecule has 0 bridgehead atoms. The van der Waals surface area contributed by atoms with Crippen LogP contribution in [-0.2, 0) is 11.0 Å². The molecule has 41 heavy (non-hydrogen) atoms. The van der Waals surface area contributed by atoms with Crippen LogP contribution < -0.4 is 15.9 Å². The molecule has 0 amide bonds. The number of hydrogen-bond acceptors (Lipinski definition) is 2. The Bertz CT molecular complexity index is 2250. The molecule has 1 aromatic heterocycles. The molecule has 0 saturated heterocycles. The fourth-order valence-electron chi connectivity index (χ4n) is 7.22. The summed E-state index contributed by atoms with van der Waals surface area (Å²) in [4.78, 5) is 5.07. The molecule has 2 heterocycles. The van der Waals surface area contributed by atoms with Crippen LogP contribution in [0.2, 0.25) is 0 Å². The van der Waals surface area contributed by atoms with Crippen molar-refractivity contribution in [2.45, 2.75) is 13.3 Å². The molecule has 1 unspecified atom stereocenters. The normalized spacial score (nSPS) is 16.2. The summed E-state index contributed by atoms with van der Waals surface area (Å²) in [6.07, 6.45) is 0.774. The largest absolute Gasteiger partial charge is 0.308 e. The van der Waals surface area contributed by atoms with Crippen molar-refractivity contribution in [3.8, 4) is 39.1 Å². The van der Waals surface area contributed by atoms with Gasteiger partial charge < -0.3 is 4.57 Å². The molecule has 1 atom stereocenters. The topological polar surface area (TPSA) is 34.9 Å². The molecule has 0 fully saturated rings. The molecular weight excluding hydrogens is 519 g/mol. The highest BCUT2D eigenvalue weighted by Crippen LogP contribution is 2.53. The summed E-state index contributed by atoms with van der Waals surface area (Å²) in [6.45, 7) is 2.15. The van der Waals surface area contributed by atoms with E-state index in [2.05, 4.69) is 84.3 Å². The highest BCUT2D eigenvalue weighted by Gasteiger charge is 2.41. The number of aryl methyl sites for hydroxylation is 1. The van der Waals surface area contributed by atoms with E-state index in [1.807, 2.05) is 48.5 Å². The summed E-state index contributed by atoms with van der Waals surface area (Å²) >= 11 is 0. The fourth-order valence-corrected chi connectivity index (χ4v) is 10.2. The highest BCUT2D eigenvalue weighted by molar-refractivity contribution is 7.86.